The van der Waals surface area contributed by atoms with Gasteiger partial charge in [0.05, 0.1) is 24.4 Å². The van der Waals surface area contributed by atoms with Gasteiger partial charge in [0.25, 0.3) is 0 Å². The third-order valence-corrected chi connectivity index (χ3v) is 11.7. The first-order chi connectivity index (χ1) is 24.4. The SMILES string of the molecule is CC(=O)OC1C(OC2C(c3ccccc3)C(OC3CC4CCC(C3OC(C)=O)N4C)C2c2ccccc2)CC2CCC1N2C.CC(O)OC(C)O. The molecule has 11 nitrogen and oxygen atoms in total. The van der Waals surface area contributed by atoms with Crippen LogP contribution < -0.4 is 0 Å². The minimum atomic E-state index is -0.875. The van der Waals surface area contributed by atoms with Crippen LogP contribution in [0.3, 0.4) is 0 Å². The first-order valence-corrected chi connectivity index (χ1v) is 18.6. The van der Waals surface area contributed by atoms with E-state index in [1.54, 1.807) is 0 Å². The number of fused-ring (bicyclic) bond motifs is 4. The maximum absolute atomic E-state index is 12.3. The van der Waals surface area contributed by atoms with Crippen molar-refractivity contribution < 1.29 is 43.5 Å². The lowest BCUT2D eigenvalue weighted by Gasteiger charge is -2.56. The molecule has 0 radical (unpaired) electrons. The van der Waals surface area contributed by atoms with Crippen molar-refractivity contribution in [2.45, 2.75) is 151 Å². The topological polar surface area (TPSA) is 127 Å². The number of hydrogen-bond acceptors (Lipinski definition) is 11. The lowest BCUT2D eigenvalue weighted by Crippen LogP contribution is -2.62. The zero-order chi connectivity index (χ0) is 36.4. The number of likely N-dealkylation sites (N-methyl/N-ethyl adjacent to an activating group) is 2. The van der Waals surface area contributed by atoms with E-state index in [1.165, 1.54) is 38.8 Å². The van der Waals surface area contributed by atoms with E-state index >= 15 is 0 Å². The largest absolute Gasteiger partial charge is 0.458 e. The van der Waals surface area contributed by atoms with Crippen LogP contribution in [0.15, 0.2) is 60.7 Å². The summed E-state index contributed by atoms with van der Waals surface area (Å²) in [5.74, 6) is -0.562. The molecule has 10 atom stereocenters. The van der Waals surface area contributed by atoms with Gasteiger partial charge in [-0.05, 0) is 77.6 Å². The van der Waals surface area contributed by atoms with Crippen molar-refractivity contribution in [3.63, 3.8) is 0 Å². The van der Waals surface area contributed by atoms with E-state index in [0.717, 1.165) is 38.5 Å². The molecule has 280 valence electrons. The molecular formula is C40H56N2O9. The average molecular weight is 709 g/mol. The standard InChI is InChI=1S/C36H46N2O6.C4H10O3/c1-21(39)41-33-27-17-15-25(37(27)3)19-29(33)43-35-31(23-11-7-5-8-12-23)36(32(35)24-13-9-6-10-14-24)44-30-20-26-16-18-28(38(26)4)34(30)42-22(2)40;1-3(5)7-4(2)6/h5-14,25-36H,15-20H2,1-4H3;3-6H,1-2H3. The molecule has 1 saturated carbocycles. The highest BCUT2D eigenvalue weighted by atomic mass is 16.7. The van der Waals surface area contributed by atoms with E-state index in [1.807, 2.05) is 12.1 Å². The monoisotopic (exact) mass is 708 g/mol. The summed E-state index contributed by atoms with van der Waals surface area (Å²) in [6, 6.07) is 22.2. The Balaban J connectivity index is 0.000000582. The van der Waals surface area contributed by atoms with Crippen LogP contribution in [0.1, 0.15) is 89.2 Å². The van der Waals surface area contributed by atoms with Gasteiger partial charge in [-0.3, -0.25) is 19.4 Å². The van der Waals surface area contributed by atoms with Crippen LogP contribution in [-0.4, -0.2) is 119 Å². The Labute approximate surface area is 302 Å². The molecule has 0 aromatic heterocycles. The molecule has 0 amide bonds. The van der Waals surface area contributed by atoms with Crippen LogP contribution in [-0.2, 0) is 33.3 Å². The number of rotatable bonds is 10. The van der Waals surface area contributed by atoms with Gasteiger partial charge in [0.2, 0.25) is 0 Å². The van der Waals surface area contributed by atoms with Gasteiger partial charge in [-0.2, -0.15) is 0 Å². The molecule has 7 rings (SSSR count). The molecule has 4 aliphatic heterocycles. The van der Waals surface area contributed by atoms with Crippen LogP contribution in [0.2, 0.25) is 0 Å². The number of benzene rings is 2. The molecule has 10 unspecified atom stereocenters. The van der Waals surface area contributed by atoms with Crippen LogP contribution in [0.25, 0.3) is 0 Å². The molecule has 4 heterocycles. The minimum absolute atomic E-state index is 0.0213. The summed E-state index contributed by atoms with van der Waals surface area (Å²) in [6.45, 7) is 5.87. The molecule has 5 aliphatic rings. The van der Waals surface area contributed by atoms with Crippen LogP contribution >= 0.6 is 0 Å². The van der Waals surface area contributed by atoms with Crippen LogP contribution in [0, 0.1) is 0 Å². The molecule has 0 spiro atoms. The number of aliphatic hydroxyl groups excluding tert-OH is 2. The maximum atomic E-state index is 12.3. The Morgan fingerprint density at radius 1 is 0.627 bits per heavy atom. The highest BCUT2D eigenvalue weighted by molar-refractivity contribution is 5.66. The van der Waals surface area contributed by atoms with Gasteiger partial charge < -0.3 is 33.9 Å². The van der Waals surface area contributed by atoms with Gasteiger partial charge in [-0.15, -0.1) is 0 Å². The fraction of sp³-hybridized carbons (Fsp3) is 0.650. The second kappa shape index (κ2) is 16.4. The number of aliphatic hydroxyl groups is 2. The summed E-state index contributed by atoms with van der Waals surface area (Å²) in [5.41, 5.74) is 2.35. The average Bonchev–Trinajstić information content (AvgIpc) is 3.47. The Morgan fingerprint density at radius 3 is 1.31 bits per heavy atom. The molecule has 5 fully saturated rings. The molecule has 11 heteroatoms. The number of carbonyl (C=O) groups excluding carboxylic acids is 2. The summed E-state index contributed by atoms with van der Waals surface area (Å²) in [4.78, 5) is 29.3. The van der Waals surface area contributed by atoms with E-state index in [2.05, 4.69) is 77.2 Å². The predicted octanol–water partition coefficient (Wildman–Crippen LogP) is 4.35. The van der Waals surface area contributed by atoms with E-state index in [-0.39, 0.29) is 72.5 Å². The molecule has 4 saturated heterocycles. The lowest BCUT2D eigenvalue weighted by molar-refractivity contribution is -0.231. The van der Waals surface area contributed by atoms with E-state index in [0.29, 0.717) is 12.1 Å². The second-order valence-corrected chi connectivity index (χ2v) is 15.0. The quantitative estimate of drug-likeness (QED) is 0.270. The highest BCUT2D eigenvalue weighted by Gasteiger charge is 2.59. The van der Waals surface area contributed by atoms with Crippen molar-refractivity contribution in [3.05, 3.63) is 71.8 Å². The fourth-order valence-corrected chi connectivity index (χ4v) is 9.51. The number of ether oxygens (including phenoxy) is 5. The van der Waals surface area contributed by atoms with Gasteiger partial charge in [-0.25, -0.2) is 0 Å². The van der Waals surface area contributed by atoms with E-state index < -0.39 is 12.6 Å². The van der Waals surface area contributed by atoms with Crippen LogP contribution in [0.4, 0.5) is 0 Å². The Morgan fingerprint density at radius 2 is 1.00 bits per heavy atom. The summed E-state index contributed by atoms with van der Waals surface area (Å²) in [7, 11) is 4.30. The fourth-order valence-electron chi connectivity index (χ4n) is 9.51. The Kier molecular flexibility index (Phi) is 12.2. The summed E-state index contributed by atoms with van der Waals surface area (Å²) in [5, 5.41) is 16.7. The summed E-state index contributed by atoms with van der Waals surface area (Å²) < 4.78 is 30.8. The lowest BCUT2D eigenvalue weighted by atomic mass is 9.62. The number of nitrogens with zero attached hydrogens (tertiary/aromatic N) is 2. The maximum Gasteiger partial charge on any atom is 0.303 e. The second-order valence-electron chi connectivity index (χ2n) is 15.0. The van der Waals surface area contributed by atoms with Crippen LogP contribution in [0.5, 0.6) is 0 Å². The van der Waals surface area contributed by atoms with E-state index in [9.17, 15) is 9.59 Å². The molecular weight excluding hydrogens is 652 g/mol. The zero-order valence-corrected chi connectivity index (χ0v) is 30.7. The molecule has 2 N–H and O–H groups in total. The first kappa shape index (κ1) is 37.8. The van der Waals surface area contributed by atoms with Gasteiger partial charge in [0.1, 0.15) is 12.2 Å². The van der Waals surface area contributed by atoms with Crippen molar-refractivity contribution in [3.8, 4) is 0 Å². The number of esters is 2. The van der Waals surface area contributed by atoms with Crippen molar-refractivity contribution in [1.82, 2.24) is 9.80 Å². The molecule has 2 aromatic rings. The minimum Gasteiger partial charge on any atom is -0.458 e. The third-order valence-electron chi connectivity index (χ3n) is 11.7. The number of carbonyl (C=O) groups is 2. The third kappa shape index (κ3) is 8.35. The first-order valence-electron chi connectivity index (χ1n) is 18.6. The summed E-state index contributed by atoms with van der Waals surface area (Å²) >= 11 is 0. The Bertz CT molecular complexity index is 1330. The van der Waals surface area contributed by atoms with E-state index in [4.69, 9.17) is 29.2 Å². The molecule has 51 heavy (non-hydrogen) atoms. The highest BCUT2D eigenvalue weighted by Crippen LogP contribution is 2.54. The van der Waals surface area contributed by atoms with Gasteiger partial charge in [-0.1, -0.05) is 60.7 Å². The number of hydrogen-bond donors (Lipinski definition) is 2. The van der Waals surface area contributed by atoms with Crippen molar-refractivity contribution in [2.24, 2.45) is 0 Å². The molecule has 1 aliphatic carbocycles. The van der Waals surface area contributed by atoms with Gasteiger partial charge >= 0.3 is 11.9 Å². The van der Waals surface area contributed by atoms with Crippen molar-refractivity contribution >= 4 is 11.9 Å². The predicted molar refractivity (Wildman–Crippen MR) is 190 cm³/mol. The normalized spacial score (nSPS) is 37.0. The molecule has 2 aromatic carbocycles. The van der Waals surface area contributed by atoms with Crippen molar-refractivity contribution in [2.75, 3.05) is 14.1 Å². The molecule has 4 bridgehead atoms. The van der Waals surface area contributed by atoms with Gasteiger partial charge in [0, 0.05) is 49.9 Å². The van der Waals surface area contributed by atoms with Crippen molar-refractivity contribution in [1.29, 1.82) is 0 Å². The summed E-state index contributed by atoms with van der Waals surface area (Å²) in [6.07, 6.45) is 2.82. The van der Waals surface area contributed by atoms with Gasteiger partial charge in [0.15, 0.2) is 12.6 Å². The Hall–Kier alpha value is -2.90. The zero-order valence-electron chi connectivity index (χ0n) is 30.7. The smallest absolute Gasteiger partial charge is 0.303 e. The number of piperidine rings is 2.